The topological polar surface area (TPSA) is 53.9 Å². The molecule has 0 amide bonds. The third kappa shape index (κ3) is 4.07. The van der Waals surface area contributed by atoms with Gasteiger partial charge in [0, 0.05) is 12.2 Å². The lowest BCUT2D eigenvalue weighted by molar-refractivity contribution is 0.857. The summed E-state index contributed by atoms with van der Waals surface area (Å²) in [5.74, 6) is 1.34. The first kappa shape index (κ1) is 15.9. The van der Waals surface area contributed by atoms with E-state index in [9.17, 15) is 0 Å². The maximum atomic E-state index is 4.62. The zero-order valence-corrected chi connectivity index (χ0v) is 13.8. The quantitative estimate of drug-likeness (QED) is 0.712. The van der Waals surface area contributed by atoms with E-state index in [0.29, 0.717) is 12.5 Å². The monoisotopic (exact) mass is 319 g/mol. The molecule has 24 heavy (non-hydrogen) atoms. The summed E-state index contributed by atoms with van der Waals surface area (Å²) in [7, 11) is 0. The average Bonchev–Trinajstić information content (AvgIpc) is 2.66. The smallest absolute Gasteiger partial charge is 0.252 e. The molecule has 0 saturated heterocycles. The third-order valence-electron chi connectivity index (χ3n) is 3.60. The number of hydrogen-bond acceptors (Lipinski definition) is 5. The van der Waals surface area contributed by atoms with Crippen LogP contribution in [0.15, 0.2) is 66.9 Å². The van der Waals surface area contributed by atoms with Crippen molar-refractivity contribution in [1.29, 1.82) is 0 Å². The van der Waals surface area contributed by atoms with Crippen molar-refractivity contribution in [2.24, 2.45) is 0 Å². The van der Waals surface area contributed by atoms with Crippen LogP contribution in [0.4, 0.5) is 17.5 Å². The summed E-state index contributed by atoms with van der Waals surface area (Å²) in [5, 5.41) is 11.6. The van der Waals surface area contributed by atoms with Crippen LogP contribution in [0.3, 0.4) is 0 Å². The molecule has 0 unspecified atom stereocenters. The van der Waals surface area contributed by atoms with Crippen molar-refractivity contribution in [2.75, 3.05) is 16.8 Å². The fourth-order valence-corrected chi connectivity index (χ4v) is 2.40. The zero-order chi connectivity index (χ0) is 16.6. The molecule has 122 valence electrons. The van der Waals surface area contributed by atoms with Crippen molar-refractivity contribution in [3.8, 4) is 0 Å². The molecule has 3 rings (SSSR count). The molecule has 1 heterocycles. The Labute approximate surface area is 142 Å². The van der Waals surface area contributed by atoms with Gasteiger partial charge in [0.05, 0.1) is 12.7 Å². The van der Waals surface area contributed by atoms with Crippen molar-refractivity contribution < 1.29 is 0 Å². The maximum absolute atomic E-state index is 4.62. The SMILES string of the molecule is CCCNc1cnnc(N(Cc2ccccc2)c2ccccc2)n1. The van der Waals surface area contributed by atoms with E-state index in [0.717, 1.165) is 24.5 Å². The van der Waals surface area contributed by atoms with Crippen LogP contribution >= 0.6 is 0 Å². The van der Waals surface area contributed by atoms with Gasteiger partial charge in [0.2, 0.25) is 0 Å². The first-order chi connectivity index (χ1) is 11.9. The Balaban J connectivity index is 1.92. The Hall–Kier alpha value is -2.95. The lowest BCUT2D eigenvalue weighted by atomic mass is 10.2. The molecule has 2 aromatic carbocycles. The summed E-state index contributed by atoms with van der Waals surface area (Å²) < 4.78 is 0. The highest BCUT2D eigenvalue weighted by Crippen LogP contribution is 2.24. The van der Waals surface area contributed by atoms with Gasteiger partial charge < -0.3 is 10.2 Å². The second-order valence-electron chi connectivity index (χ2n) is 5.48. The first-order valence-electron chi connectivity index (χ1n) is 8.17. The first-order valence-corrected chi connectivity index (χ1v) is 8.17. The molecule has 0 bridgehead atoms. The molecular formula is C19H21N5. The van der Waals surface area contributed by atoms with E-state index < -0.39 is 0 Å². The van der Waals surface area contributed by atoms with Crippen molar-refractivity contribution in [1.82, 2.24) is 15.2 Å². The number of benzene rings is 2. The molecule has 0 aliphatic heterocycles. The molecule has 0 atom stereocenters. The predicted octanol–water partition coefficient (Wildman–Crippen LogP) is 4.03. The van der Waals surface area contributed by atoms with Gasteiger partial charge in [-0.15, -0.1) is 5.10 Å². The Morgan fingerprint density at radius 2 is 1.67 bits per heavy atom. The summed E-state index contributed by atoms with van der Waals surface area (Å²) in [5.41, 5.74) is 2.23. The molecule has 5 heteroatoms. The standard InChI is InChI=1S/C19H21N5/c1-2-13-20-18-14-21-23-19(22-18)24(17-11-7-4-8-12-17)15-16-9-5-3-6-10-16/h3-12,14H,2,13,15H2,1H3,(H,20,22,23). The minimum absolute atomic E-state index is 0.589. The molecule has 0 saturated carbocycles. The van der Waals surface area contributed by atoms with E-state index in [2.05, 4.69) is 56.6 Å². The molecule has 0 spiro atoms. The van der Waals surface area contributed by atoms with Gasteiger partial charge in [-0.25, -0.2) is 0 Å². The molecule has 0 aliphatic carbocycles. The molecule has 5 nitrogen and oxygen atoms in total. The molecule has 1 aromatic heterocycles. The Morgan fingerprint density at radius 3 is 2.38 bits per heavy atom. The number of nitrogens with one attached hydrogen (secondary N) is 1. The van der Waals surface area contributed by atoms with Crippen LogP contribution in [-0.4, -0.2) is 21.7 Å². The highest BCUT2D eigenvalue weighted by Gasteiger charge is 2.14. The van der Waals surface area contributed by atoms with Gasteiger partial charge in [0.25, 0.3) is 5.95 Å². The van der Waals surface area contributed by atoms with Crippen LogP contribution in [0.2, 0.25) is 0 Å². The van der Waals surface area contributed by atoms with Gasteiger partial charge in [-0.1, -0.05) is 55.5 Å². The van der Waals surface area contributed by atoms with Crippen molar-refractivity contribution in [3.63, 3.8) is 0 Å². The number of para-hydroxylation sites is 1. The predicted molar refractivity (Wildman–Crippen MR) is 97.3 cm³/mol. The second-order valence-corrected chi connectivity index (χ2v) is 5.48. The largest absolute Gasteiger partial charge is 0.369 e. The number of rotatable bonds is 7. The summed E-state index contributed by atoms with van der Waals surface area (Å²) >= 11 is 0. The van der Waals surface area contributed by atoms with E-state index in [4.69, 9.17) is 0 Å². The number of hydrogen-bond donors (Lipinski definition) is 1. The van der Waals surface area contributed by atoms with E-state index in [1.54, 1.807) is 6.20 Å². The number of aromatic nitrogens is 3. The van der Waals surface area contributed by atoms with Gasteiger partial charge in [-0.2, -0.15) is 10.1 Å². The van der Waals surface area contributed by atoms with Crippen LogP contribution in [-0.2, 0) is 6.54 Å². The van der Waals surface area contributed by atoms with Gasteiger partial charge in [-0.05, 0) is 24.1 Å². The van der Waals surface area contributed by atoms with Gasteiger partial charge >= 0.3 is 0 Å². The van der Waals surface area contributed by atoms with Gasteiger partial charge in [0.15, 0.2) is 5.82 Å². The van der Waals surface area contributed by atoms with Crippen molar-refractivity contribution in [2.45, 2.75) is 19.9 Å². The number of anilines is 3. The van der Waals surface area contributed by atoms with Crippen LogP contribution in [0.1, 0.15) is 18.9 Å². The Morgan fingerprint density at radius 1 is 0.958 bits per heavy atom. The zero-order valence-electron chi connectivity index (χ0n) is 13.8. The van der Waals surface area contributed by atoms with E-state index in [1.165, 1.54) is 5.56 Å². The maximum Gasteiger partial charge on any atom is 0.252 e. The molecular weight excluding hydrogens is 298 g/mol. The summed E-state index contributed by atoms with van der Waals surface area (Å²) in [6.07, 6.45) is 2.69. The average molecular weight is 319 g/mol. The Kier molecular flexibility index (Phi) is 5.35. The van der Waals surface area contributed by atoms with Crippen LogP contribution < -0.4 is 10.2 Å². The van der Waals surface area contributed by atoms with Gasteiger partial charge in [-0.3, -0.25) is 0 Å². The summed E-state index contributed by atoms with van der Waals surface area (Å²) in [4.78, 5) is 6.69. The molecule has 0 aliphatic rings. The van der Waals surface area contributed by atoms with Crippen LogP contribution in [0, 0.1) is 0 Å². The highest BCUT2D eigenvalue weighted by molar-refractivity contribution is 5.58. The van der Waals surface area contributed by atoms with Crippen LogP contribution in [0.25, 0.3) is 0 Å². The molecule has 3 aromatic rings. The molecule has 0 radical (unpaired) electrons. The second kappa shape index (κ2) is 8.06. The molecule has 1 N–H and O–H groups in total. The third-order valence-corrected chi connectivity index (χ3v) is 3.60. The minimum Gasteiger partial charge on any atom is -0.369 e. The van der Waals surface area contributed by atoms with Gasteiger partial charge in [0.1, 0.15) is 0 Å². The fourth-order valence-electron chi connectivity index (χ4n) is 2.40. The lowest BCUT2D eigenvalue weighted by Gasteiger charge is -2.22. The lowest BCUT2D eigenvalue weighted by Crippen LogP contribution is -2.20. The molecule has 0 fully saturated rings. The van der Waals surface area contributed by atoms with E-state index in [-0.39, 0.29) is 0 Å². The van der Waals surface area contributed by atoms with Crippen LogP contribution in [0.5, 0.6) is 0 Å². The Bertz CT molecular complexity index is 746. The van der Waals surface area contributed by atoms with E-state index in [1.807, 2.05) is 36.4 Å². The fraction of sp³-hybridized carbons (Fsp3) is 0.211. The normalized spacial score (nSPS) is 10.4. The number of nitrogens with zero attached hydrogens (tertiary/aromatic N) is 4. The highest BCUT2D eigenvalue weighted by atomic mass is 15.3. The van der Waals surface area contributed by atoms with Crippen molar-refractivity contribution in [3.05, 3.63) is 72.4 Å². The summed E-state index contributed by atoms with van der Waals surface area (Å²) in [6.45, 7) is 3.67. The minimum atomic E-state index is 0.589. The van der Waals surface area contributed by atoms with E-state index >= 15 is 0 Å². The van der Waals surface area contributed by atoms with Crippen molar-refractivity contribution >= 4 is 17.5 Å². The summed E-state index contributed by atoms with van der Waals surface area (Å²) in [6, 6.07) is 20.4.